The molecule has 1 aliphatic rings. The predicted octanol–water partition coefficient (Wildman–Crippen LogP) is 5.27. The number of rotatable bonds is 17. The van der Waals surface area contributed by atoms with Gasteiger partial charge in [-0.15, -0.1) is 0 Å². The number of hydrogen-bond acceptors (Lipinski definition) is 12. The highest BCUT2D eigenvalue weighted by molar-refractivity contribution is 7.92. The minimum atomic E-state index is -3.54. The fourth-order valence-electron chi connectivity index (χ4n) is 4.71. The average molecular weight is 674 g/mol. The van der Waals surface area contributed by atoms with Crippen LogP contribution in [0.4, 0.5) is 28.8 Å². The Labute approximate surface area is 274 Å². The number of anilines is 5. The van der Waals surface area contributed by atoms with Gasteiger partial charge in [-0.1, -0.05) is 28.8 Å². The van der Waals surface area contributed by atoms with Gasteiger partial charge in [0.1, 0.15) is 10.8 Å². The van der Waals surface area contributed by atoms with Crippen molar-refractivity contribution in [3.8, 4) is 5.75 Å². The molecule has 3 aromatic rings. The second-order valence-corrected chi connectivity index (χ2v) is 13.5. The normalized spacial score (nSPS) is 13.8. The number of sulfone groups is 1. The molecule has 1 saturated heterocycles. The third-order valence-electron chi connectivity index (χ3n) is 7.30. The van der Waals surface area contributed by atoms with Crippen molar-refractivity contribution in [2.45, 2.75) is 24.0 Å². The fourth-order valence-corrected chi connectivity index (χ4v) is 6.05. The van der Waals surface area contributed by atoms with Crippen molar-refractivity contribution in [2.75, 3.05) is 88.3 Å². The molecule has 0 aliphatic carbocycles. The van der Waals surface area contributed by atoms with E-state index in [1.54, 1.807) is 45.2 Å². The maximum absolute atomic E-state index is 12.9. The first kappa shape index (κ1) is 35.0. The summed E-state index contributed by atoms with van der Waals surface area (Å²) in [5.41, 5.74) is 10.3. The zero-order chi connectivity index (χ0) is 32.9. The number of azide groups is 1. The van der Waals surface area contributed by atoms with Gasteiger partial charge >= 0.3 is 0 Å². The molecule has 0 amide bonds. The lowest BCUT2D eigenvalue weighted by Gasteiger charge is -2.36. The Morgan fingerprint density at radius 1 is 1.02 bits per heavy atom. The Kier molecular flexibility index (Phi) is 13.1. The van der Waals surface area contributed by atoms with Gasteiger partial charge in [0.2, 0.25) is 5.95 Å². The summed E-state index contributed by atoms with van der Waals surface area (Å²) in [7, 11) is -1.94. The lowest BCUT2D eigenvalue weighted by atomic mass is 10.2. The Morgan fingerprint density at radius 3 is 2.48 bits per heavy atom. The maximum atomic E-state index is 12.9. The van der Waals surface area contributed by atoms with Gasteiger partial charge in [0.25, 0.3) is 0 Å². The van der Waals surface area contributed by atoms with E-state index < -0.39 is 15.1 Å². The van der Waals surface area contributed by atoms with Gasteiger partial charge in [0, 0.05) is 55.9 Å². The van der Waals surface area contributed by atoms with Gasteiger partial charge in [-0.05, 0) is 43.6 Å². The van der Waals surface area contributed by atoms with Crippen molar-refractivity contribution in [3.63, 3.8) is 0 Å². The molecular formula is C30H40ClN9O5S. The van der Waals surface area contributed by atoms with Crippen LogP contribution in [0, 0.1) is 0 Å². The van der Waals surface area contributed by atoms with Crippen LogP contribution in [-0.2, 0) is 19.3 Å². The number of methoxy groups -OCH3 is 1. The van der Waals surface area contributed by atoms with Crippen LogP contribution in [0.1, 0.15) is 13.8 Å². The van der Waals surface area contributed by atoms with E-state index in [4.69, 9.17) is 31.3 Å². The highest BCUT2D eigenvalue weighted by Gasteiger charge is 2.23. The number of nitrogens with one attached hydrogen (secondary N) is 2. The zero-order valence-corrected chi connectivity index (χ0v) is 27.8. The molecule has 0 bridgehead atoms. The lowest BCUT2D eigenvalue weighted by Crippen LogP contribution is -2.47. The Bertz CT molecular complexity index is 1600. The summed E-state index contributed by atoms with van der Waals surface area (Å²) in [5, 5.41) is 9.34. The number of benzene rings is 2. The van der Waals surface area contributed by atoms with E-state index in [-0.39, 0.29) is 21.7 Å². The first-order chi connectivity index (χ1) is 22.2. The molecule has 1 aromatic heterocycles. The molecule has 2 heterocycles. The first-order valence-corrected chi connectivity index (χ1v) is 16.9. The summed E-state index contributed by atoms with van der Waals surface area (Å²) in [6, 6.07) is 12.6. The molecule has 2 N–H and O–H groups in total. The van der Waals surface area contributed by atoms with Crippen molar-refractivity contribution in [2.24, 2.45) is 5.11 Å². The number of hydrogen-bond donors (Lipinski definition) is 2. The van der Waals surface area contributed by atoms with E-state index in [2.05, 4.69) is 40.4 Å². The molecule has 0 radical (unpaired) electrons. The Hall–Kier alpha value is -3.85. The average Bonchev–Trinajstić information content (AvgIpc) is 3.06. The van der Waals surface area contributed by atoms with E-state index in [1.807, 2.05) is 18.2 Å². The monoisotopic (exact) mass is 673 g/mol. The van der Waals surface area contributed by atoms with Crippen molar-refractivity contribution in [1.29, 1.82) is 0 Å². The van der Waals surface area contributed by atoms with Crippen LogP contribution in [0.3, 0.4) is 0 Å². The molecule has 0 saturated carbocycles. The molecule has 1 aliphatic heterocycles. The van der Waals surface area contributed by atoms with Crippen molar-refractivity contribution in [3.05, 3.63) is 64.1 Å². The zero-order valence-electron chi connectivity index (χ0n) is 26.2. The summed E-state index contributed by atoms with van der Waals surface area (Å²) in [4.78, 5) is 16.4. The molecule has 2 aromatic carbocycles. The summed E-state index contributed by atoms with van der Waals surface area (Å²) in [5.74, 6) is 1.15. The van der Waals surface area contributed by atoms with Gasteiger partial charge in [0.15, 0.2) is 15.7 Å². The predicted molar refractivity (Wildman–Crippen MR) is 180 cm³/mol. The van der Waals surface area contributed by atoms with E-state index in [1.165, 1.54) is 6.20 Å². The fraction of sp³-hybridized carbons (Fsp3) is 0.467. The number of para-hydroxylation sites is 1. The van der Waals surface area contributed by atoms with Crippen LogP contribution in [0.2, 0.25) is 5.02 Å². The molecule has 248 valence electrons. The third-order valence-corrected chi connectivity index (χ3v) is 9.79. The van der Waals surface area contributed by atoms with Crippen LogP contribution in [0.5, 0.6) is 5.75 Å². The number of piperazine rings is 1. The molecular weight excluding hydrogens is 634 g/mol. The highest BCUT2D eigenvalue weighted by atomic mass is 35.5. The summed E-state index contributed by atoms with van der Waals surface area (Å²) in [6.07, 6.45) is 1.45. The van der Waals surface area contributed by atoms with Gasteiger partial charge in [0.05, 0.1) is 61.3 Å². The minimum Gasteiger partial charge on any atom is -0.494 e. The van der Waals surface area contributed by atoms with Crippen LogP contribution < -0.4 is 20.3 Å². The number of aromatic nitrogens is 2. The molecule has 0 atom stereocenters. The molecule has 0 spiro atoms. The van der Waals surface area contributed by atoms with Gasteiger partial charge in [-0.3, -0.25) is 4.90 Å². The van der Waals surface area contributed by atoms with E-state index >= 15 is 0 Å². The maximum Gasteiger partial charge on any atom is 0.229 e. The Balaban J connectivity index is 1.33. The van der Waals surface area contributed by atoms with Crippen LogP contribution in [0.25, 0.3) is 10.4 Å². The van der Waals surface area contributed by atoms with Gasteiger partial charge in [-0.2, -0.15) is 4.98 Å². The van der Waals surface area contributed by atoms with Crippen molar-refractivity contribution < 1.29 is 22.6 Å². The number of ether oxygens (including phenoxy) is 3. The standard InChI is InChI=1S/C30H40ClN9O5S/c1-22(2)46(41,42)28-7-5-4-6-26(28)35-29-24(31)21-33-30(37-29)36-25-9-8-23(20-27(25)43-3)40-13-11-39(12-14-40)15-17-45-19-18-44-16-10-34-38-32/h4-9,20-22H,10-19H2,1-3H3,(H2,33,35,36,37). The number of halogens is 1. The van der Waals surface area contributed by atoms with Crippen LogP contribution >= 0.6 is 11.6 Å². The van der Waals surface area contributed by atoms with Gasteiger partial charge < -0.3 is 29.7 Å². The van der Waals surface area contributed by atoms with E-state index in [9.17, 15) is 8.42 Å². The van der Waals surface area contributed by atoms with E-state index in [0.29, 0.717) is 50.1 Å². The second-order valence-electron chi connectivity index (χ2n) is 10.6. The van der Waals surface area contributed by atoms with Gasteiger partial charge in [-0.25, -0.2) is 13.4 Å². The van der Waals surface area contributed by atoms with Crippen LogP contribution in [-0.4, -0.2) is 101 Å². The topological polar surface area (TPSA) is 167 Å². The highest BCUT2D eigenvalue weighted by Crippen LogP contribution is 2.34. The minimum absolute atomic E-state index is 0.169. The summed E-state index contributed by atoms with van der Waals surface area (Å²) >= 11 is 6.40. The molecule has 46 heavy (non-hydrogen) atoms. The summed E-state index contributed by atoms with van der Waals surface area (Å²) < 4.78 is 42.5. The SMILES string of the molecule is COc1cc(N2CCN(CCOCCOCCN=[N+]=[N-])CC2)ccc1Nc1ncc(Cl)c(Nc2ccccc2S(=O)(=O)C(C)C)n1. The van der Waals surface area contributed by atoms with E-state index in [0.717, 1.165) is 38.4 Å². The number of nitrogens with zero attached hydrogens (tertiary/aromatic N) is 7. The molecule has 14 nitrogen and oxygen atoms in total. The molecule has 1 fully saturated rings. The molecule has 16 heteroatoms. The van der Waals surface area contributed by atoms with Crippen molar-refractivity contribution >= 4 is 50.3 Å². The summed E-state index contributed by atoms with van der Waals surface area (Å²) in [6.45, 7) is 9.99. The molecule has 4 rings (SSSR count). The third kappa shape index (κ3) is 9.58. The molecule has 0 unspecified atom stereocenters. The first-order valence-electron chi connectivity index (χ1n) is 14.9. The van der Waals surface area contributed by atoms with Crippen LogP contribution in [0.15, 0.2) is 58.7 Å². The quantitative estimate of drug-likeness (QED) is 0.0829. The smallest absolute Gasteiger partial charge is 0.229 e. The van der Waals surface area contributed by atoms with Crippen molar-refractivity contribution in [1.82, 2.24) is 14.9 Å². The lowest BCUT2D eigenvalue weighted by molar-refractivity contribution is 0.0405. The largest absolute Gasteiger partial charge is 0.494 e. The Morgan fingerprint density at radius 2 is 1.76 bits per heavy atom. The second kappa shape index (κ2) is 17.2.